The first-order valence-electron chi connectivity index (χ1n) is 9.50. The maximum atomic E-state index is 12.1. The number of benzene rings is 2. The van der Waals surface area contributed by atoms with Gasteiger partial charge in [-0.15, -0.1) is 0 Å². The van der Waals surface area contributed by atoms with Gasteiger partial charge in [-0.3, -0.25) is 4.79 Å². The fraction of sp³-hybridized carbons (Fsp3) is 0.333. The summed E-state index contributed by atoms with van der Waals surface area (Å²) in [6.07, 6.45) is 0.317. The maximum absolute atomic E-state index is 12.1. The smallest absolute Gasteiger partial charge is 0.247 e. The van der Waals surface area contributed by atoms with Gasteiger partial charge < -0.3 is 9.64 Å². The van der Waals surface area contributed by atoms with Crippen molar-refractivity contribution >= 4 is 38.4 Å². The molecule has 29 heavy (non-hydrogen) atoms. The lowest BCUT2D eigenvalue weighted by molar-refractivity contribution is -0.117. The molecule has 2 aromatic rings. The molecule has 8 heteroatoms. The van der Waals surface area contributed by atoms with Crippen LogP contribution in [0.3, 0.4) is 0 Å². The number of aliphatic imine (C=N–C) groups is 1. The van der Waals surface area contributed by atoms with Gasteiger partial charge >= 0.3 is 0 Å². The molecule has 152 valence electrons. The molecule has 2 aromatic carbocycles. The predicted octanol–water partition coefficient (Wildman–Crippen LogP) is 3.28. The third kappa shape index (κ3) is 4.48. The summed E-state index contributed by atoms with van der Waals surface area (Å²) in [7, 11) is -3.08. The maximum Gasteiger partial charge on any atom is 0.247 e. The molecule has 0 saturated carbocycles. The number of nitrogens with zero attached hydrogens (tertiary/aromatic N) is 2. The lowest BCUT2D eigenvalue weighted by Gasteiger charge is -2.24. The van der Waals surface area contributed by atoms with Crippen LogP contribution in [-0.2, 0) is 21.2 Å². The minimum absolute atomic E-state index is 0.0796. The number of carbonyl (C=O) groups excluding carboxylic acids is 1. The van der Waals surface area contributed by atoms with Crippen LogP contribution in [0, 0.1) is 0 Å². The molecule has 0 bridgehead atoms. The number of hydrogen-bond donors (Lipinski definition) is 0. The van der Waals surface area contributed by atoms with E-state index in [-0.39, 0.29) is 28.7 Å². The zero-order chi connectivity index (χ0) is 20.4. The van der Waals surface area contributed by atoms with Crippen molar-refractivity contribution in [1.82, 2.24) is 0 Å². The fourth-order valence-corrected chi connectivity index (χ4v) is 7.43. The highest BCUT2D eigenvalue weighted by molar-refractivity contribution is 8.16. The molecule has 0 unspecified atom stereocenters. The van der Waals surface area contributed by atoms with E-state index in [1.54, 1.807) is 6.92 Å². The Morgan fingerprint density at radius 3 is 2.55 bits per heavy atom. The Morgan fingerprint density at radius 2 is 1.86 bits per heavy atom. The Morgan fingerprint density at radius 1 is 1.14 bits per heavy atom. The van der Waals surface area contributed by atoms with Crippen LogP contribution in [0.25, 0.3) is 0 Å². The minimum Gasteiger partial charge on any atom is -0.489 e. The van der Waals surface area contributed by atoms with E-state index in [0.29, 0.717) is 18.2 Å². The molecule has 2 heterocycles. The standard InChI is InChI=1S/C21H22N2O4S2/c1-2-20(24)22-21-23(18-13-29(25,26)14-19(18)28-21)16-8-10-17(11-9-16)27-12-15-6-4-3-5-7-15/h3-11,18-19H,2,12-14H2,1H3/t18-,19-/m0/s1. The molecular weight excluding hydrogens is 408 g/mol. The van der Waals surface area contributed by atoms with Crippen LogP contribution in [0.2, 0.25) is 0 Å². The van der Waals surface area contributed by atoms with E-state index in [9.17, 15) is 13.2 Å². The first-order chi connectivity index (χ1) is 13.9. The van der Waals surface area contributed by atoms with Crippen molar-refractivity contribution in [3.8, 4) is 5.75 Å². The molecule has 6 nitrogen and oxygen atoms in total. The Labute approximate surface area is 174 Å². The van der Waals surface area contributed by atoms with Gasteiger partial charge in [-0.05, 0) is 29.8 Å². The molecule has 2 aliphatic rings. The van der Waals surface area contributed by atoms with Crippen molar-refractivity contribution in [2.45, 2.75) is 31.2 Å². The summed E-state index contributed by atoms with van der Waals surface area (Å²) >= 11 is 1.39. The van der Waals surface area contributed by atoms with E-state index in [0.717, 1.165) is 17.0 Å². The number of thioether (sulfide) groups is 1. The van der Waals surface area contributed by atoms with Gasteiger partial charge in [0.1, 0.15) is 12.4 Å². The van der Waals surface area contributed by atoms with E-state index in [2.05, 4.69) is 4.99 Å². The third-order valence-electron chi connectivity index (χ3n) is 4.95. The molecule has 0 aromatic heterocycles. The molecule has 2 saturated heterocycles. The van der Waals surface area contributed by atoms with Gasteiger partial charge in [-0.25, -0.2) is 8.42 Å². The summed E-state index contributed by atoms with van der Waals surface area (Å²) in [5, 5.41) is 0.483. The average molecular weight is 431 g/mol. The van der Waals surface area contributed by atoms with Gasteiger partial charge in [-0.1, -0.05) is 49.0 Å². The number of hydrogen-bond acceptors (Lipinski definition) is 5. The summed E-state index contributed by atoms with van der Waals surface area (Å²) in [5.74, 6) is 0.721. The van der Waals surface area contributed by atoms with Crippen molar-refractivity contribution in [1.29, 1.82) is 0 Å². The molecule has 2 aliphatic heterocycles. The third-order valence-corrected chi connectivity index (χ3v) is 8.16. The number of fused-ring (bicyclic) bond motifs is 1. The van der Waals surface area contributed by atoms with Crippen LogP contribution in [0.1, 0.15) is 18.9 Å². The van der Waals surface area contributed by atoms with Gasteiger partial charge in [-0.2, -0.15) is 4.99 Å². The molecule has 0 spiro atoms. The van der Waals surface area contributed by atoms with Crippen molar-refractivity contribution in [3.63, 3.8) is 0 Å². The van der Waals surface area contributed by atoms with Crippen molar-refractivity contribution in [2.24, 2.45) is 4.99 Å². The summed E-state index contributed by atoms with van der Waals surface area (Å²) in [4.78, 5) is 18.0. The molecule has 4 rings (SSSR count). The second-order valence-corrected chi connectivity index (χ2v) is 10.4. The van der Waals surface area contributed by atoms with E-state index in [1.807, 2.05) is 59.5 Å². The number of ether oxygens (including phenoxy) is 1. The lowest BCUT2D eigenvalue weighted by Crippen LogP contribution is -2.37. The fourth-order valence-electron chi connectivity index (χ4n) is 3.50. The number of carbonyl (C=O) groups is 1. The second kappa shape index (κ2) is 8.20. The van der Waals surface area contributed by atoms with E-state index in [4.69, 9.17) is 4.74 Å². The molecule has 0 radical (unpaired) electrons. The van der Waals surface area contributed by atoms with Gasteiger partial charge in [0.2, 0.25) is 5.91 Å². The van der Waals surface area contributed by atoms with Gasteiger partial charge in [0.05, 0.1) is 17.5 Å². The van der Waals surface area contributed by atoms with Crippen LogP contribution < -0.4 is 9.64 Å². The first kappa shape index (κ1) is 20.0. The van der Waals surface area contributed by atoms with Gasteiger partial charge in [0, 0.05) is 17.4 Å². The van der Waals surface area contributed by atoms with E-state index in [1.165, 1.54) is 11.8 Å². The number of amidine groups is 1. The van der Waals surface area contributed by atoms with Crippen LogP contribution >= 0.6 is 11.8 Å². The van der Waals surface area contributed by atoms with Gasteiger partial charge in [0.25, 0.3) is 0 Å². The molecule has 0 aliphatic carbocycles. The zero-order valence-corrected chi connectivity index (χ0v) is 17.7. The van der Waals surface area contributed by atoms with Crippen molar-refractivity contribution in [2.75, 3.05) is 16.4 Å². The highest BCUT2D eigenvalue weighted by atomic mass is 32.2. The largest absolute Gasteiger partial charge is 0.489 e. The number of rotatable bonds is 5. The summed E-state index contributed by atoms with van der Waals surface area (Å²) < 4.78 is 30.1. The molecule has 1 amide bonds. The Kier molecular flexibility index (Phi) is 5.65. The van der Waals surface area contributed by atoms with Crippen molar-refractivity contribution in [3.05, 3.63) is 60.2 Å². The predicted molar refractivity (Wildman–Crippen MR) is 116 cm³/mol. The monoisotopic (exact) mass is 430 g/mol. The highest BCUT2D eigenvalue weighted by Crippen LogP contribution is 2.41. The molecule has 2 fully saturated rings. The summed E-state index contributed by atoms with van der Waals surface area (Å²) in [6.45, 7) is 2.24. The Hall–Kier alpha value is -2.32. The van der Waals surface area contributed by atoms with Gasteiger partial charge in [0.15, 0.2) is 15.0 Å². The molecule has 2 atom stereocenters. The first-order valence-corrected chi connectivity index (χ1v) is 12.2. The Balaban J connectivity index is 1.55. The average Bonchev–Trinajstić information content (AvgIpc) is 3.18. The normalized spacial score (nSPS) is 23.9. The second-order valence-electron chi connectivity index (χ2n) is 7.08. The van der Waals surface area contributed by atoms with Crippen molar-refractivity contribution < 1.29 is 17.9 Å². The van der Waals surface area contributed by atoms with Crippen LogP contribution in [0.15, 0.2) is 59.6 Å². The zero-order valence-electron chi connectivity index (χ0n) is 16.0. The highest BCUT2D eigenvalue weighted by Gasteiger charge is 2.49. The molecular formula is C21H22N2O4S2. The van der Waals surface area contributed by atoms with Crippen LogP contribution in [0.5, 0.6) is 5.75 Å². The lowest BCUT2D eigenvalue weighted by atomic mass is 10.2. The number of anilines is 1. The number of sulfone groups is 1. The topological polar surface area (TPSA) is 76.0 Å². The quantitative estimate of drug-likeness (QED) is 0.725. The number of amides is 1. The van der Waals surface area contributed by atoms with E-state index >= 15 is 0 Å². The summed E-state index contributed by atoms with van der Waals surface area (Å²) in [6, 6.07) is 17.2. The SMILES string of the molecule is CCC(=O)N=C1S[C@H]2CS(=O)(=O)C[C@@H]2N1c1ccc(OCc2ccccc2)cc1. The van der Waals surface area contributed by atoms with Crippen LogP contribution in [0.4, 0.5) is 5.69 Å². The summed E-state index contributed by atoms with van der Waals surface area (Å²) in [5.41, 5.74) is 1.90. The van der Waals surface area contributed by atoms with Crippen LogP contribution in [-0.4, -0.2) is 42.3 Å². The minimum atomic E-state index is -3.08. The van der Waals surface area contributed by atoms with E-state index < -0.39 is 9.84 Å². The Bertz CT molecular complexity index is 1020. The molecule has 0 N–H and O–H groups in total.